The first-order valence-electron chi connectivity index (χ1n) is 8.26. The number of aromatic nitrogens is 1. The van der Waals surface area contributed by atoms with Gasteiger partial charge in [0.25, 0.3) is 10.0 Å². The summed E-state index contributed by atoms with van der Waals surface area (Å²) in [4.78, 5) is 0.475. The van der Waals surface area contributed by atoms with Gasteiger partial charge in [0.2, 0.25) is 4.80 Å². The van der Waals surface area contributed by atoms with Gasteiger partial charge in [0.05, 0.1) is 28.3 Å². The number of sulfonamides is 1. The SMILES string of the molecule is CCOc1ccc2c(c1)sc(=NS(=O)(=O)c1ccc(Cl)cc1)n2CCOC. The second kappa shape index (κ2) is 8.43. The zero-order chi connectivity index (χ0) is 19.4. The number of ether oxygens (including phenoxy) is 2. The largest absolute Gasteiger partial charge is 0.494 e. The van der Waals surface area contributed by atoms with Gasteiger partial charge in [-0.05, 0) is 49.4 Å². The van der Waals surface area contributed by atoms with E-state index in [9.17, 15) is 8.42 Å². The molecule has 0 spiro atoms. The molecule has 0 aliphatic rings. The highest BCUT2D eigenvalue weighted by atomic mass is 35.5. The lowest BCUT2D eigenvalue weighted by Gasteiger charge is -2.06. The van der Waals surface area contributed by atoms with Crippen molar-refractivity contribution in [2.45, 2.75) is 18.4 Å². The number of fused-ring (bicyclic) bond motifs is 1. The van der Waals surface area contributed by atoms with Crippen molar-refractivity contribution in [2.75, 3.05) is 20.3 Å². The summed E-state index contributed by atoms with van der Waals surface area (Å²) >= 11 is 7.14. The van der Waals surface area contributed by atoms with Gasteiger partial charge in [-0.25, -0.2) is 0 Å². The van der Waals surface area contributed by atoms with Gasteiger partial charge in [-0.3, -0.25) is 0 Å². The Bertz CT molecular complexity index is 1100. The van der Waals surface area contributed by atoms with Crippen molar-refractivity contribution in [1.29, 1.82) is 0 Å². The van der Waals surface area contributed by atoms with Crippen molar-refractivity contribution in [3.8, 4) is 5.75 Å². The molecule has 3 rings (SSSR count). The fourth-order valence-corrected chi connectivity index (χ4v) is 4.95. The number of methoxy groups -OCH3 is 1. The van der Waals surface area contributed by atoms with Gasteiger partial charge >= 0.3 is 0 Å². The summed E-state index contributed by atoms with van der Waals surface area (Å²) in [6, 6.07) is 11.6. The number of hydrogen-bond acceptors (Lipinski definition) is 5. The number of hydrogen-bond donors (Lipinski definition) is 0. The molecule has 0 bridgehead atoms. The van der Waals surface area contributed by atoms with Crippen molar-refractivity contribution in [3.63, 3.8) is 0 Å². The van der Waals surface area contributed by atoms with Gasteiger partial charge in [-0.1, -0.05) is 22.9 Å². The topological polar surface area (TPSA) is 69.9 Å². The predicted octanol–water partition coefficient (Wildman–Crippen LogP) is 3.69. The average Bonchev–Trinajstić information content (AvgIpc) is 2.96. The fraction of sp³-hybridized carbons (Fsp3) is 0.278. The van der Waals surface area contributed by atoms with E-state index in [1.807, 2.05) is 29.7 Å². The van der Waals surface area contributed by atoms with Crippen molar-refractivity contribution in [1.82, 2.24) is 4.57 Å². The molecular formula is C18H19ClN2O4S2. The molecule has 2 aromatic carbocycles. The van der Waals surface area contributed by atoms with Crippen molar-refractivity contribution in [3.05, 3.63) is 52.3 Å². The summed E-state index contributed by atoms with van der Waals surface area (Å²) in [5.41, 5.74) is 0.880. The van der Waals surface area contributed by atoms with Crippen LogP contribution in [0.2, 0.25) is 5.02 Å². The van der Waals surface area contributed by atoms with Crippen LogP contribution < -0.4 is 9.54 Å². The average molecular weight is 427 g/mol. The number of halogens is 1. The van der Waals surface area contributed by atoms with E-state index < -0.39 is 10.0 Å². The molecule has 0 amide bonds. The van der Waals surface area contributed by atoms with Gasteiger partial charge < -0.3 is 14.0 Å². The maximum atomic E-state index is 12.7. The Kier molecular flexibility index (Phi) is 6.21. The molecule has 0 saturated heterocycles. The Balaban J connectivity index is 2.15. The van der Waals surface area contributed by atoms with E-state index in [2.05, 4.69) is 4.40 Å². The minimum absolute atomic E-state index is 0.0950. The van der Waals surface area contributed by atoms with Crippen molar-refractivity contribution in [2.24, 2.45) is 4.40 Å². The maximum absolute atomic E-state index is 12.7. The lowest BCUT2D eigenvalue weighted by Crippen LogP contribution is -2.19. The summed E-state index contributed by atoms with van der Waals surface area (Å²) in [6.45, 7) is 3.40. The number of rotatable bonds is 7. The van der Waals surface area contributed by atoms with E-state index in [1.54, 1.807) is 7.11 Å². The zero-order valence-electron chi connectivity index (χ0n) is 14.9. The minimum Gasteiger partial charge on any atom is -0.494 e. The van der Waals surface area contributed by atoms with E-state index in [0.29, 0.717) is 29.6 Å². The molecular weight excluding hydrogens is 408 g/mol. The Morgan fingerprint density at radius 3 is 2.59 bits per heavy atom. The molecule has 0 aliphatic heterocycles. The number of nitrogens with zero attached hydrogens (tertiary/aromatic N) is 2. The normalized spacial score (nSPS) is 12.6. The first-order valence-corrected chi connectivity index (χ1v) is 10.9. The zero-order valence-corrected chi connectivity index (χ0v) is 17.3. The van der Waals surface area contributed by atoms with Crippen molar-refractivity contribution < 1.29 is 17.9 Å². The van der Waals surface area contributed by atoms with Crippen molar-refractivity contribution >= 4 is 43.2 Å². The molecule has 0 saturated carbocycles. The van der Waals surface area contributed by atoms with E-state index in [0.717, 1.165) is 16.0 Å². The van der Waals surface area contributed by atoms with Gasteiger partial charge in [-0.2, -0.15) is 8.42 Å². The van der Waals surface area contributed by atoms with E-state index in [4.69, 9.17) is 21.1 Å². The monoisotopic (exact) mass is 426 g/mol. The van der Waals surface area contributed by atoms with E-state index in [-0.39, 0.29) is 4.90 Å². The van der Waals surface area contributed by atoms with E-state index in [1.165, 1.54) is 35.6 Å². The van der Waals surface area contributed by atoms with Gasteiger partial charge in [0.1, 0.15) is 5.75 Å². The summed E-state index contributed by atoms with van der Waals surface area (Å²) in [5, 5.41) is 0.467. The molecule has 9 heteroatoms. The van der Waals surface area contributed by atoms with Crippen LogP contribution in [-0.4, -0.2) is 33.3 Å². The molecule has 0 radical (unpaired) electrons. The van der Waals surface area contributed by atoms with Crippen LogP contribution in [-0.2, 0) is 21.3 Å². The molecule has 27 heavy (non-hydrogen) atoms. The van der Waals surface area contributed by atoms with E-state index >= 15 is 0 Å². The minimum atomic E-state index is -3.86. The van der Waals surface area contributed by atoms with Crippen LogP contribution in [0.5, 0.6) is 5.75 Å². The molecule has 6 nitrogen and oxygen atoms in total. The van der Waals surface area contributed by atoms with Crippen LogP contribution in [0.25, 0.3) is 10.2 Å². The summed E-state index contributed by atoms with van der Waals surface area (Å²) < 4.78 is 42.9. The Morgan fingerprint density at radius 1 is 1.19 bits per heavy atom. The highest BCUT2D eigenvalue weighted by molar-refractivity contribution is 7.90. The summed E-state index contributed by atoms with van der Waals surface area (Å²) in [7, 11) is -2.26. The molecule has 0 N–H and O–H groups in total. The van der Waals surface area contributed by atoms with Crippen LogP contribution in [0.1, 0.15) is 6.92 Å². The van der Waals surface area contributed by atoms with Crippen LogP contribution >= 0.6 is 22.9 Å². The first-order chi connectivity index (χ1) is 12.9. The molecule has 1 heterocycles. The van der Waals surface area contributed by atoms with Gasteiger partial charge in [-0.15, -0.1) is 4.40 Å². The molecule has 1 aromatic heterocycles. The Labute approximate surface area is 166 Å². The molecule has 0 unspecified atom stereocenters. The molecule has 3 aromatic rings. The number of benzene rings is 2. The smallest absolute Gasteiger partial charge is 0.285 e. The second-order valence-corrected chi connectivity index (χ2v) is 8.66. The molecule has 0 aliphatic carbocycles. The van der Waals surface area contributed by atoms with Crippen LogP contribution in [0, 0.1) is 0 Å². The quantitative estimate of drug-likeness (QED) is 0.577. The molecule has 0 atom stereocenters. The van der Waals surface area contributed by atoms with Crippen LogP contribution in [0.4, 0.5) is 0 Å². The number of thiazole rings is 1. The fourth-order valence-electron chi connectivity index (χ4n) is 2.54. The third kappa shape index (κ3) is 4.52. The first kappa shape index (κ1) is 19.9. The Hall–Kier alpha value is -1.87. The third-order valence-electron chi connectivity index (χ3n) is 3.79. The third-order valence-corrected chi connectivity index (χ3v) is 6.48. The summed E-state index contributed by atoms with van der Waals surface area (Å²) in [5.74, 6) is 0.734. The highest BCUT2D eigenvalue weighted by Crippen LogP contribution is 2.24. The standard InChI is InChI=1S/C18H19ClN2O4S2/c1-3-25-14-6-9-16-17(12-14)26-18(21(16)10-11-24-2)20-27(22,23)15-7-4-13(19)5-8-15/h4-9,12H,3,10-11H2,1-2H3. The summed E-state index contributed by atoms with van der Waals surface area (Å²) in [6.07, 6.45) is 0. The van der Waals surface area contributed by atoms with Crippen LogP contribution in [0.15, 0.2) is 51.8 Å². The predicted molar refractivity (Wildman–Crippen MR) is 107 cm³/mol. The van der Waals surface area contributed by atoms with Gasteiger partial charge in [0.15, 0.2) is 0 Å². The van der Waals surface area contributed by atoms with Crippen LogP contribution in [0.3, 0.4) is 0 Å². The highest BCUT2D eigenvalue weighted by Gasteiger charge is 2.15. The second-order valence-electron chi connectivity index (χ2n) is 5.61. The Morgan fingerprint density at radius 2 is 1.93 bits per heavy atom. The molecule has 0 fully saturated rings. The molecule has 144 valence electrons. The maximum Gasteiger partial charge on any atom is 0.285 e. The lowest BCUT2D eigenvalue weighted by molar-refractivity contribution is 0.187. The lowest BCUT2D eigenvalue weighted by atomic mass is 10.3. The van der Waals surface area contributed by atoms with Gasteiger partial charge in [0, 0.05) is 18.7 Å².